The SMILES string of the molecule is CCCNCc1csc(Nc2ccc(Br)cc2C)n1. The van der Waals surface area contributed by atoms with E-state index < -0.39 is 0 Å². The van der Waals surface area contributed by atoms with Crippen molar-refractivity contribution in [2.75, 3.05) is 11.9 Å². The minimum Gasteiger partial charge on any atom is -0.331 e. The largest absolute Gasteiger partial charge is 0.331 e. The zero-order chi connectivity index (χ0) is 13.7. The van der Waals surface area contributed by atoms with Crippen LogP contribution in [0.2, 0.25) is 0 Å². The van der Waals surface area contributed by atoms with Crippen molar-refractivity contribution in [3.63, 3.8) is 0 Å². The molecule has 5 heteroatoms. The highest BCUT2D eigenvalue weighted by atomic mass is 79.9. The molecule has 0 radical (unpaired) electrons. The number of thiazole rings is 1. The average Bonchev–Trinajstić information content (AvgIpc) is 2.81. The van der Waals surface area contributed by atoms with Gasteiger partial charge in [-0.2, -0.15) is 0 Å². The van der Waals surface area contributed by atoms with Gasteiger partial charge in [0.2, 0.25) is 0 Å². The molecule has 0 saturated heterocycles. The number of halogens is 1. The predicted molar refractivity (Wildman–Crippen MR) is 86.3 cm³/mol. The van der Waals surface area contributed by atoms with Crippen LogP contribution in [0.25, 0.3) is 0 Å². The quantitative estimate of drug-likeness (QED) is 0.763. The second kappa shape index (κ2) is 7.03. The number of aryl methyl sites for hydroxylation is 1. The first-order valence-corrected chi connectivity index (χ1v) is 8.04. The summed E-state index contributed by atoms with van der Waals surface area (Å²) in [6, 6.07) is 6.20. The molecular formula is C14H18BrN3S. The van der Waals surface area contributed by atoms with Gasteiger partial charge >= 0.3 is 0 Å². The van der Waals surface area contributed by atoms with Gasteiger partial charge in [-0.3, -0.25) is 0 Å². The van der Waals surface area contributed by atoms with E-state index in [1.807, 2.05) is 6.07 Å². The Morgan fingerprint density at radius 1 is 1.37 bits per heavy atom. The van der Waals surface area contributed by atoms with Gasteiger partial charge in [0.1, 0.15) is 0 Å². The fourth-order valence-corrected chi connectivity index (χ4v) is 2.92. The number of benzene rings is 1. The maximum Gasteiger partial charge on any atom is 0.187 e. The average molecular weight is 340 g/mol. The third-order valence-corrected chi connectivity index (χ3v) is 4.01. The molecule has 0 amide bonds. The van der Waals surface area contributed by atoms with Crippen molar-refractivity contribution in [1.82, 2.24) is 10.3 Å². The van der Waals surface area contributed by atoms with Crippen molar-refractivity contribution in [3.8, 4) is 0 Å². The molecule has 2 rings (SSSR count). The van der Waals surface area contributed by atoms with Gasteiger partial charge < -0.3 is 10.6 Å². The van der Waals surface area contributed by atoms with Crippen molar-refractivity contribution < 1.29 is 0 Å². The molecule has 0 aliphatic rings. The Bertz CT molecular complexity index is 539. The number of rotatable bonds is 6. The Kier molecular flexibility index (Phi) is 5.36. The summed E-state index contributed by atoms with van der Waals surface area (Å²) in [7, 11) is 0. The highest BCUT2D eigenvalue weighted by Crippen LogP contribution is 2.25. The van der Waals surface area contributed by atoms with Crippen molar-refractivity contribution in [2.24, 2.45) is 0 Å². The molecule has 0 fully saturated rings. The Labute approximate surface area is 126 Å². The lowest BCUT2D eigenvalue weighted by atomic mass is 10.2. The lowest BCUT2D eigenvalue weighted by Crippen LogP contribution is -2.13. The van der Waals surface area contributed by atoms with E-state index in [0.717, 1.165) is 40.5 Å². The molecule has 2 N–H and O–H groups in total. The van der Waals surface area contributed by atoms with Crippen LogP contribution in [0.15, 0.2) is 28.1 Å². The first kappa shape index (κ1) is 14.5. The van der Waals surface area contributed by atoms with E-state index in [1.54, 1.807) is 11.3 Å². The molecule has 0 unspecified atom stereocenters. The molecule has 0 atom stereocenters. The molecule has 0 spiro atoms. The summed E-state index contributed by atoms with van der Waals surface area (Å²) in [5.74, 6) is 0. The van der Waals surface area contributed by atoms with E-state index in [0.29, 0.717) is 0 Å². The topological polar surface area (TPSA) is 37.0 Å². The van der Waals surface area contributed by atoms with E-state index in [-0.39, 0.29) is 0 Å². The number of hydrogen-bond donors (Lipinski definition) is 2. The third-order valence-electron chi connectivity index (χ3n) is 2.71. The van der Waals surface area contributed by atoms with Crippen LogP contribution in [0, 0.1) is 6.92 Å². The minimum absolute atomic E-state index is 0.839. The highest BCUT2D eigenvalue weighted by molar-refractivity contribution is 9.10. The van der Waals surface area contributed by atoms with Gasteiger partial charge in [-0.15, -0.1) is 11.3 Å². The van der Waals surface area contributed by atoms with E-state index in [1.165, 1.54) is 5.56 Å². The number of nitrogens with one attached hydrogen (secondary N) is 2. The molecule has 0 aliphatic heterocycles. The fraction of sp³-hybridized carbons (Fsp3) is 0.357. The Hall–Kier alpha value is -0.910. The highest BCUT2D eigenvalue weighted by Gasteiger charge is 2.04. The van der Waals surface area contributed by atoms with Crippen LogP contribution in [0.4, 0.5) is 10.8 Å². The van der Waals surface area contributed by atoms with Crippen molar-refractivity contribution in [2.45, 2.75) is 26.8 Å². The van der Waals surface area contributed by atoms with E-state index in [9.17, 15) is 0 Å². The number of hydrogen-bond acceptors (Lipinski definition) is 4. The van der Waals surface area contributed by atoms with Gasteiger partial charge in [-0.1, -0.05) is 22.9 Å². The van der Waals surface area contributed by atoms with Gasteiger partial charge in [-0.25, -0.2) is 4.98 Å². The van der Waals surface area contributed by atoms with Crippen LogP contribution < -0.4 is 10.6 Å². The summed E-state index contributed by atoms with van der Waals surface area (Å²) in [5.41, 5.74) is 3.40. The predicted octanol–water partition coefficient (Wildman–Crippen LogP) is 4.46. The summed E-state index contributed by atoms with van der Waals surface area (Å²) in [5, 5.41) is 9.77. The van der Waals surface area contributed by atoms with Crippen LogP contribution >= 0.6 is 27.3 Å². The third kappa shape index (κ3) is 4.30. The molecule has 0 bridgehead atoms. The minimum atomic E-state index is 0.839. The van der Waals surface area contributed by atoms with E-state index >= 15 is 0 Å². The lowest BCUT2D eigenvalue weighted by Gasteiger charge is -2.06. The summed E-state index contributed by atoms with van der Waals surface area (Å²) >= 11 is 5.11. The van der Waals surface area contributed by atoms with Gasteiger partial charge in [0.05, 0.1) is 5.69 Å². The standard InChI is InChI=1S/C14H18BrN3S/c1-3-6-16-8-12-9-19-14(17-12)18-13-5-4-11(15)7-10(13)2/h4-5,7,9,16H,3,6,8H2,1-2H3,(H,17,18). The Balaban J connectivity index is 1.99. The van der Waals surface area contributed by atoms with E-state index in [4.69, 9.17) is 0 Å². The zero-order valence-electron chi connectivity index (χ0n) is 11.2. The maximum atomic E-state index is 4.57. The molecule has 2 aromatic rings. The maximum absolute atomic E-state index is 4.57. The molecule has 1 aromatic heterocycles. The van der Waals surface area contributed by atoms with Crippen molar-refractivity contribution in [3.05, 3.63) is 39.3 Å². The van der Waals surface area contributed by atoms with Gasteiger partial charge in [0, 0.05) is 22.1 Å². The number of aromatic nitrogens is 1. The first-order chi connectivity index (χ1) is 9.19. The second-order valence-electron chi connectivity index (χ2n) is 4.41. The van der Waals surface area contributed by atoms with Crippen LogP contribution in [-0.2, 0) is 6.54 Å². The molecule has 0 saturated carbocycles. The molecule has 0 aliphatic carbocycles. The molecule has 3 nitrogen and oxygen atoms in total. The summed E-state index contributed by atoms with van der Waals surface area (Å²) in [4.78, 5) is 4.57. The van der Waals surface area contributed by atoms with Gasteiger partial charge in [-0.05, 0) is 43.7 Å². The van der Waals surface area contributed by atoms with Crippen LogP contribution in [0.1, 0.15) is 24.6 Å². The molecule has 1 heterocycles. The summed E-state index contributed by atoms with van der Waals surface area (Å²) in [6.45, 7) is 6.12. The molecule has 102 valence electrons. The van der Waals surface area contributed by atoms with Gasteiger partial charge in [0.15, 0.2) is 5.13 Å². The van der Waals surface area contributed by atoms with Gasteiger partial charge in [0.25, 0.3) is 0 Å². The van der Waals surface area contributed by atoms with Crippen LogP contribution in [-0.4, -0.2) is 11.5 Å². The number of nitrogens with zero attached hydrogens (tertiary/aromatic N) is 1. The van der Waals surface area contributed by atoms with Crippen molar-refractivity contribution >= 4 is 38.1 Å². The van der Waals surface area contributed by atoms with Crippen molar-refractivity contribution in [1.29, 1.82) is 0 Å². The van der Waals surface area contributed by atoms with Crippen LogP contribution in [0.5, 0.6) is 0 Å². The summed E-state index contributed by atoms with van der Waals surface area (Å²) in [6.07, 6.45) is 1.15. The Morgan fingerprint density at radius 2 is 2.21 bits per heavy atom. The monoisotopic (exact) mass is 339 g/mol. The zero-order valence-corrected chi connectivity index (χ0v) is 13.6. The fourth-order valence-electron chi connectivity index (χ4n) is 1.72. The first-order valence-electron chi connectivity index (χ1n) is 6.37. The molecular weight excluding hydrogens is 322 g/mol. The molecule has 19 heavy (non-hydrogen) atoms. The lowest BCUT2D eigenvalue weighted by molar-refractivity contribution is 0.667. The normalized spacial score (nSPS) is 10.7. The molecule has 1 aromatic carbocycles. The summed E-state index contributed by atoms with van der Waals surface area (Å²) < 4.78 is 1.10. The number of anilines is 2. The van der Waals surface area contributed by atoms with E-state index in [2.05, 4.69) is 62.9 Å². The Morgan fingerprint density at radius 3 is 2.95 bits per heavy atom. The smallest absolute Gasteiger partial charge is 0.187 e. The van der Waals surface area contributed by atoms with Crippen LogP contribution in [0.3, 0.4) is 0 Å². The second-order valence-corrected chi connectivity index (χ2v) is 6.18.